The van der Waals surface area contributed by atoms with E-state index in [1.807, 2.05) is 30.3 Å². The average Bonchev–Trinajstić information content (AvgIpc) is 3.19. The molecule has 4 nitrogen and oxygen atoms in total. The molecule has 1 saturated heterocycles. The van der Waals surface area contributed by atoms with E-state index in [4.69, 9.17) is 49.6 Å². The van der Waals surface area contributed by atoms with E-state index >= 15 is 0 Å². The Hall–Kier alpha value is -1.53. The minimum atomic E-state index is 0.210. The van der Waals surface area contributed by atoms with Gasteiger partial charge in [0.05, 0.1) is 18.2 Å². The van der Waals surface area contributed by atoms with Crippen molar-refractivity contribution in [1.29, 1.82) is 0 Å². The molecule has 0 spiro atoms. The van der Waals surface area contributed by atoms with Gasteiger partial charge in [-0.15, -0.1) is 0 Å². The Morgan fingerprint density at radius 1 is 1.26 bits per heavy atom. The third-order valence-electron chi connectivity index (χ3n) is 4.30. The summed E-state index contributed by atoms with van der Waals surface area (Å²) in [4.78, 5) is 0.606. The topological polar surface area (TPSA) is 39.7 Å². The summed E-state index contributed by atoms with van der Waals surface area (Å²) in [6.45, 7) is 1.86. The fourth-order valence-electron chi connectivity index (χ4n) is 2.84. The van der Waals surface area contributed by atoms with Gasteiger partial charge in [0.2, 0.25) is 0 Å². The van der Waals surface area contributed by atoms with Crippen LogP contribution in [0.15, 0.2) is 36.4 Å². The van der Waals surface area contributed by atoms with Crippen molar-refractivity contribution in [2.45, 2.75) is 25.6 Å². The van der Waals surface area contributed by atoms with Crippen LogP contribution in [-0.2, 0) is 11.3 Å². The predicted octanol–water partition coefficient (Wildman–Crippen LogP) is 5.03. The lowest BCUT2D eigenvalue weighted by Crippen LogP contribution is -2.31. The molecule has 1 atom stereocenters. The Balaban J connectivity index is 1.68. The summed E-state index contributed by atoms with van der Waals surface area (Å²) in [5.41, 5.74) is 1.76. The molecule has 0 aliphatic carbocycles. The molecule has 0 aromatic heterocycles. The molecule has 1 aliphatic rings. The van der Waals surface area contributed by atoms with E-state index in [1.165, 1.54) is 0 Å². The molecule has 27 heavy (non-hydrogen) atoms. The molecule has 0 radical (unpaired) electrons. The van der Waals surface area contributed by atoms with E-state index in [2.05, 4.69) is 5.32 Å². The van der Waals surface area contributed by atoms with Crippen LogP contribution in [-0.4, -0.2) is 31.4 Å². The zero-order valence-electron chi connectivity index (χ0n) is 15.0. The highest BCUT2D eigenvalue weighted by Gasteiger charge is 2.18. The van der Waals surface area contributed by atoms with Crippen molar-refractivity contribution in [2.24, 2.45) is 0 Å². The maximum atomic E-state index is 6.44. The van der Waals surface area contributed by atoms with Gasteiger partial charge in [-0.25, -0.2) is 0 Å². The molecule has 7 heteroatoms. The first-order valence-corrected chi connectivity index (χ1v) is 9.88. The van der Waals surface area contributed by atoms with Crippen LogP contribution in [0.3, 0.4) is 0 Å². The monoisotopic (exact) mass is 425 g/mol. The summed E-state index contributed by atoms with van der Waals surface area (Å²) in [5.74, 6) is 1.02. The zero-order valence-corrected chi connectivity index (χ0v) is 17.3. The predicted molar refractivity (Wildman–Crippen MR) is 112 cm³/mol. The number of methoxy groups -OCH3 is 1. The van der Waals surface area contributed by atoms with Crippen LogP contribution in [0.2, 0.25) is 10.0 Å². The summed E-state index contributed by atoms with van der Waals surface area (Å²) < 4.78 is 16.9. The zero-order chi connectivity index (χ0) is 19.2. The number of hydrogen-bond donors (Lipinski definition) is 1. The molecule has 1 fully saturated rings. The van der Waals surface area contributed by atoms with Crippen molar-refractivity contribution in [3.05, 3.63) is 57.6 Å². The average molecular weight is 426 g/mol. The Morgan fingerprint density at radius 3 is 2.70 bits per heavy atom. The molecule has 2 aromatic rings. The lowest BCUT2D eigenvalue weighted by atomic mass is 10.1. The molecule has 0 saturated carbocycles. The van der Waals surface area contributed by atoms with Crippen LogP contribution in [0.25, 0.3) is 0 Å². The molecule has 0 amide bonds. The van der Waals surface area contributed by atoms with Gasteiger partial charge in [0.25, 0.3) is 0 Å². The Bertz CT molecular complexity index is 793. The number of ether oxygens (including phenoxy) is 3. The second-order valence-electron chi connectivity index (χ2n) is 6.25. The van der Waals surface area contributed by atoms with Crippen molar-refractivity contribution in [2.75, 3.05) is 20.3 Å². The Kier molecular flexibility index (Phi) is 7.19. The SMILES string of the molecule is COc1cc(C(=S)NC[C@H]2CCCO2)cc(Cl)c1OCc1ccc(Cl)cc1. The molecule has 1 N–H and O–H groups in total. The molecule has 0 unspecified atom stereocenters. The van der Waals surface area contributed by atoms with Crippen molar-refractivity contribution in [3.63, 3.8) is 0 Å². The number of hydrogen-bond acceptors (Lipinski definition) is 4. The molecule has 3 rings (SSSR count). The third kappa shape index (κ3) is 5.48. The van der Waals surface area contributed by atoms with Crippen molar-refractivity contribution in [1.82, 2.24) is 5.32 Å². The number of halogens is 2. The Labute approximate surface area is 174 Å². The standard InChI is InChI=1S/C20H21Cl2NO3S/c1-24-18-10-14(20(27)23-11-16-3-2-8-25-16)9-17(22)19(18)26-12-13-4-6-15(21)7-5-13/h4-7,9-10,16H,2-3,8,11-12H2,1H3,(H,23,27)/t16-/m1/s1. The van der Waals surface area contributed by atoms with Gasteiger partial charge in [-0.05, 0) is 42.7 Å². The highest BCUT2D eigenvalue weighted by Crippen LogP contribution is 2.37. The number of nitrogens with one attached hydrogen (secondary N) is 1. The maximum Gasteiger partial charge on any atom is 0.180 e. The maximum absolute atomic E-state index is 6.44. The first-order valence-electron chi connectivity index (χ1n) is 8.71. The van der Waals surface area contributed by atoms with Crippen LogP contribution < -0.4 is 14.8 Å². The second-order valence-corrected chi connectivity index (χ2v) is 7.50. The van der Waals surface area contributed by atoms with E-state index in [1.54, 1.807) is 13.2 Å². The lowest BCUT2D eigenvalue weighted by Gasteiger charge is -2.16. The van der Waals surface area contributed by atoms with Crippen LogP contribution in [0.1, 0.15) is 24.0 Å². The van der Waals surface area contributed by atoms with Gasteiger partial charge in [-0.2, -0.15) is 0 Å². The molecule has 0 bridgehead atoms. The third-order valence-corrected chi connectivity index (χ3v) is 5.22. The molecule has 1 heterocycles. The van der Waals surface area contributed by atoms with Gasteiger partial charge in [-0.3, -0.25) is 0 Å². The largest absolute Gasteiger partial charge is 0.493 e. The summed E-state index contributed by atoms with van der Waals surface area (Å²) in [5, 5.41) is 4.37. The van der Waals surface area contributed by atoms with Gasteiger partial charge in [0.1, 0.15) is 11.6 Å². The minimum absolute atomic E-state index is 0.210. The van der Waals surface area contributed by atoms with E-state index in [0.29, 0.717) is 39.7 Å². The van der Waals surface area contributed by atoms with Gasteiger partial charge >= 0.3 is 0 Å². The summed E-state index contributed by atoms with van der Waals surface area (Å²) in [7, 11) is 1.58. The van der Waals surface area contributed by atoms with Crippen LogP contribution in [0.5, 0.6) is 11.5 Å². The summed E-state index contributed by atoms with van der Waals surface area (Å²) in [6, 6.07) is 11.1. The van der Waals surface area contributed by atoms with Crippen molar-refractivity contribution in [3.8, 4) is 11.5 Å². The van der Waals surface area contributed by atoms with Gasteiger partial charge in [-0.1, -0.05) is 47.6 Å². The normalized spacial score (nSPS) is 16.2. The summed E-state index contributed by atoms with van der Waals surface area (Å²) >= 11 is 17.8. The number of rotatable bonds is 7. The van der Waals surface area contributed by atoms with Gasteiger partial charge in [0.15, 0.2) is 11.5 Å². The van der Waals surface area contributed by atoms with E-state index in [9.17, 15) is 0 Å². The van der Waals surface area contributed by atoms with Gasteiger partial charge < -0.3 is 19.5 Å². The fraction of sp³-hybridized carbons (Fsp3) is 0.350. The fourth-order valence-corrected chi connectivity index (χ4v) is 3.43. The highest BCUT2D eigenvalue weighted by atomic mass is 35.5. The molecular formula is C20H21Cl2NO3S. The lowest BCUT2D eigenvalue weighted by molar-refractivity contribution is 0.114. The molecule has 1 aliphatic heterocycles. The van der Waals surface area contributed by atoms with Gasteiger partial charge in [0, 0.05) is 23.7 Å². The van der Waals surface area contributed by atoms with Crippen molar-refractivity contribution < 1.29 is 14.2 Å². The second kappa shape index (κ2) is 9.60. The smallest absolute Gasteiger partial charge is 0.180 e. The minimum Gasteiger partial charge on any atom is -0.493 e. The number of thiocarbonyl (C=S) groups is 1. The summed E-state index contributed by atoms with van der Waals surface area (Å²) in [6.07, 6.45) is 2.36. The van der Waals surface area contributed by atoms with Crippen molar-refractivity contribution >= 4 is 40.4 Å². The Morgan fingerprint density at radius 2 is 2.04 bits per heavy atom. The van der Waals surface area contributed by atoms with Crippen LogP contribution >= 0.6 is 35.4 Å². The molecule has 2 aromatic carbocycles. The highest BCUT2D eigenvalue weighted by molar-refractivity contribution is 7.80. The van der Waals surface area contributed by atoms with E-state index < -0.39 is 0 Å². The van der Waals surface area contributed by atoms with Crippen LogP contribution in [0, 0.1) is 0 Å². The molecular weight excluding hydrogens is 405 g/mol. The first kappa shape index (κ1) is 20.2. The van der Waals surface area contributed by atoms with E-state index in [-0.39, 0.29) is 6.10 Å². The first-order chi connectivity index (χ1) is 13.1. The van der Waals surface area contributed by atoms with Crippen LogP contribution in [0.4, 0.5) is 0 Å². The number of benzene rings is 2. The molecule has 144 valence electrons. The quantitative estimate of drug-likeness (QED) is 0.630. The van der Waals surface area contributed by atoms with E-state index in [0.717, 1.165) is 30.6 Å².